The van der Waals surface area contributed by atoms with Crippen molar-refractivity contribution in [3.8, 4) is 11.1 Å². The van der Waals surface area contributed by atoms with Gasteiger partial charge in [0.1, 0.15) is 10.6 Å². The number of esters is 1. The molecule has 7 heteroatoms. The van der Waals surface area contributed by atoms with Gasteiger partial charge in [-0.25, -0.2) is 9.78 Å². The summed E-state index contributed by atoms with van der Waals surface area (Å²) in [7, 11) is 0. The first-order valence-electron chi connectivity index (χ1n) is 10.8. The van der Waals surface area contributed by atoms with E-state index in [4.69, 9.17) is 4.74 Å². The lowest BCUT2D eigenvalue weighted by atomic mass is 10.0. The molecule has 2 aromatic carbocycles. The quantitative estimate of drug-likeness (QED) is 0.228. The minimum Gasteiger partial charge on any atom is -0.462 e. The summed E-state index contributed by atoms with van der Waals surface area (Å²) in [6.07, 6.45) is 0.622. The number of fused-ring (bicyclic) bond motifs is 1. The summed E-state index contributed by atoms with van der Waals surface area (Å²) in [5.41, 5.74) is 2.95. The summed E-state index contributed by atoms with van der Waals surface area (Å²) in [4.78, 5) is 30.6. The number of ether oxygens (including phenoxy) is 1. The highest BCUT2D eigenvalue weighted by Gasteiger charge is 2.25. The number of amides is 1. The van der Waals surface area contributed by atoms with Crippen molar-refractivity contribution in [1.82, 2.24) is 4.98 Å². The van der Waals surface area contributed by atoms with Crippen molar-refractivity contribution >= 4 is 50.9 Å². The average Bonchev–Trinajstić information content (AvgIpc) is 3.26. The molecule has 4 aromatic rings. The number of anilines is 1. The van der Waals surface area contributed by atoms with Crippen molar-refractivity contribution < 1.29 is 14.3 Å². The molecular formula is C26H24N2O3S2. The Hall–Kier alpha value is -3.16. The van der Waals surface area contributed by atoms with Gasteiger partial charge in [-0.2, -0.15) is 0 Å². The number of rotatable bonds is 8. The number of benzene rings is 2. The monoisotopic (exact) mass is 476 g/mol. The number of hydrogen-bond acceptors (Lipinski definition) is 6. The number of nitrogens with zero attached hydrogens (tertiary/aromatic N) is 1. The van der Waals surface area contributed by atoms with Crippen molar-refractivity contribution in [3.05, 3.63) is 77.7 Å². The van der Waals surface area contributed by atoms with Crippen LogP contribution in [0.15, 0.2) is 77.1 Å². The number of hydrogen-bond donors (Lipinski definition) is 1. The Bertz CT molecular complexity index is 1270. The van der Waals surface area contributed by atoms with Crippen LogP contribution >= 0.6 is 23.1 Å². The third-order valence-electron chi connectivity index (χ3n) is 5.09. The van der Waals surface area contributed by atoms with E-state index in [2.05, 4.69) is 10.3 Å². The molecule has 0 aliphatic heterocycles. The van der Waals surface area contributed by atoms with Crippen molar-refractivity contribution in [2.24, 2.45) is 0 Å². The normalized spacial score (nSPS) is 11.8. The predicted octanol–water partition coefficient (Wildman–Crippen LogP) is 6.65. The standard InChI is InChI=1S/C26H24N2O3S2/c1-3-21(33-22-15-14-18-12-8-9-13-20(18)27-22)24(29)28-25-23(26(30)31-4-2)19(16-32-25)17-10-6-5-7-11-17/h5-16,21H,3-4H2,1-2H3,(H,28,29). The molecule has 168 valence electrons. The molecule has 0 bridgehead atoms. The Kier molecular flexibility index (Phi) is 7.42. The second-order valence-electron chi connectivity index (χ2n) is 7.29. The first-order chi connectivity index (χ1) is 16.1. The van der Waals surface area contributed by atoms with E-state index in [0.29, 0.717) is 17.0 Å². The minimum atomic E-state index is -0.440. The van der Waals surface area contributed by atoms with Gasteiger partial charge in [0, 0.05) is 16.3 Å². The van der Waals surface area contributed by atoms with Crippen LogP contribution in [0.3, 0.4) is 0 Å². The van der Waals surface area contributed by atoms with E-state index < -0.39 is 5.97 Å². The van der Waals surface area contributed by atoms with Crippen LogP contribution in [0.25, 0.3) is 22.0 Å². The Morgan fingerprint density at radius 2 is 1.79 bits per heavy atom. The predicted molar refractivity (Wildman–Crippen MR) is 136 cm³/mol. The van der Waals surface area contributed by atoms with E-state index >= 15 is 0 Å². The van der Waals surface area contributed by atoms with Gasteiger partial charge in [0.2, 0.25) is 5.91 Å². The summed E-state index contributed by atoms with van der Waals surface area (Å²) in [5, 5.41) is 6.87. The number of pyridine rings is 1. The molecule has 0 aliphatic rings. The van der Waals surface area contributed by atoms with Gasteiger partial charge in [-0.3, -0.25) is 4.79 Å². The zero-order chi connectivity index (χ0) is 23.2. The molecule has 1 unspecified atom stereocenters. The van der Waals surface area contributed by atoms with E-state index in [0.717, 1.165) is 27.1 Å². The maximum Gasteiger partial charge on any atom is 0.341 e. The fraction of sp³-hybridized carbons (Fsp3) is 0.192. The Balaban J connectivity index is 1.58. The molecule has 0 spiro atoms. The minimum absolute atomic E-state index is 0.163. The number of carbonyl (C=O) groups is 2. The van der Waals surface area contributed by atoms with Gasteiger partial charge in [0.05, 0.1) is 22.4 Å². The van der Waals surface area contributed by atoms with Gasteiger partial charge in [-0.1, -0.05) is 73.3 Å². The van der Waals surface area contributed by atoms with Crippen molar-refractivity contribution in [1.29, 1.82) is 0 Å². The lowest BCUT2D eigenvalue weighted by molar-refractivity contribution is -0.115. The van der Waals surface area contributed by atoms with Crippen LogP contribution in [0.1, 0.15) is 30.6 Å². The third-order valence-corrected chi connectivity index (χ3v) is 7.29. The highest BCUT2D eigenvalue weighted by molar-refractivity contribution is 8.00. The smallest absolute Gasteiger partial charge is 0.341 e. The van der Waals surface area contributed by atoms with Gasteiger partial charge >= 0.3 is 5.97 Å². The zero-order valence-corrected chi connectivity index (χ0v) is 20.0. The molecule has 0 aliphatic carbocycles. The first kappa shape index (κ1) is 23.0. The number of nitrogens with one attached hydrogen (secondary N) is 1. The van der Waals surface area contributed by atoms with Crippen LogP contribution in [0, 0.1) is 0 Å². The van der Waals surface area contributed by atoms with Crippen molar-refractivity contribution in [3.63, 3.8) is 0 Å². The van der Waals surface area contributed by atoms with Gasteiger partial charge in [0.25, 0.3) is 0 Å². The largest absolute Gasteiger partial charge is 0.462 e. The number of aromatic nitrogens is 1. The average molecular weight is 477 g/mol. The number of thioether (sulfide) groups is 1. The Labute approximate surface area is 201 Å². The van der Waals surface area contributed by atoms with Crippen LogP contribution in [0.4, 0.5) is 5.00 Å². The Morgan fingerprint density at radius 1 is 1.03 bits per heavy atom. The first-order valence-corrected chi connectivity index (χ1v) is 12.5. The van der Waals surface area contributed by atoms with Gasteiger partial charge in [-0.05, 0) is 31.0 Å². The van der Waals surface area contributed by atoms with Crippen molar-refractivity contribution in [2.75, 3.05) is 11.9 Å². The van der Waals surface area contributed by atoms with Crippen molar-refractivity contribution in [2.45, 2.75) is 30.5 Å². The molecular weight excluding hydrogens is 452 g/mol. The van der Waals surface area contributed by atoms with E-state index in [1.54, 1.807) is 6.92 Å². The fourth-order valence-corrected chi connectivity index (χ4v) is 5.34. The van der Waals surface area contributed by atoms with E-state index in [9.17, 15) is 9.59 Å². The van der Waals surface area contributed by atoms with Crippen LogP contribution in [-0.2, 0) is 9.53 Å². The molecule has 1 amide bonds. The number of carbonyl (C=O) groups excluding carboxylic acids is 2. The Morgan fingerprint density at radius 3 is 2.55 bits per heavy atom. The molecule has 2 heterocycles. The van der Waals surface area contributed by atoms with E-state index in [1.807, 2.05) is 79.0 Å². The number of para-hydroxylation sites is 1. The second kappa shape index (κ2) is 10.6. The summed E-state index contributed by atoms with van der Waals surface area (Å²) in [5.74, 6) is -0.603. The molecule has 5 nitrogen and oxygen atoms in total. The van der Waals surface area contributed by atoms with Crippen LogP contribution < -0.4 is 5.32 Å². The molecule has 0 saturated carbocycles. The van der Waals surface area contributed by atoms with Crippen LogP contribution in [-0.4, -0.2) is 28.7 Å². The molecule has 1 N–H and O–H groups in total. The van der Waals surface area contributed by atoms with E-state index in [-0.39, 0.29) is 17.8 Å². The molecule has 33 heavy (non-hydrogen) atoms. The topological polar surface area (TPSA) is 68.3 Å². The fourth-order valence-electron chi connectivity index (χ4n) is 3.46. The van der Waals surface area contributed by atoms with Gasteiger partial charge < -0.3 is 10.1 Å². The summed E-state index contributed by atoms with van der Waals surface area (Å²) in [6.45, 7) is 4.00. The highest BCUT2D eigenvalue weighted by Crippen LogP contribution is 2.37. The lowest BCUT2D eigenvalue weighted by Crippen LogP contribution is -2.25. The lowest BCUT2D eigenvalue weighted by Gasteiger charge is -2.15. The molecule has 1 atom stereocenters. The van der Waals surface area contributed by atoms with Crippen LogP contribution in [0.2, 0.25) is 0 Å². The molecule has 2 aromatic heterocycles. The zero-order valence-electron chi connectivity index (χ0n) is 18.4. The van der Waals surface area contributed by atoms with Gasteiger partial charge in [-0.15, -0.1) is 11.3 Å². The van der Waals surface area contributed by atoms with Crippen LogP contribution in [0.5, 0.6) is 0 Å². The molecule has 4 rings (SSSR count). The summed E-state index contributed by atoms with van der Waals surface area (Å²) < 4.78 is 5.30. The molecule has 0 saturated heterocycles. The van der Waals surface area contributed by atoms with E-state index in [1.165, 1.54) is 23.1 Å². The summed E-state index contributed by atoms with van der Waals surface area (Å²) >= 11 is 2.76. The molecule has 0 radical (unpaired) electrons. The summed E-state index contributed by atoms with van der Waals surface area (Å²) in [6, 6.07) is 21.5. The maximum atomic E-state index is 13.2. The second-order valence-corrected chi connectivity index (χ2v) is 9.39. The maximum absolute atomic E-state index is 13.2. The highest BCUT2D eigenvalue weighted by atomic mass is 32.2. The third kappa shape index (κ3) is 5.26. The molecule has 0 fully saturated rings. The van der Waals surface area contributed by atoms with Gasteiger partial charge in [0.15, 0.2) is 0 Å². The SMILES string of the molecule is CCOC(=O)c1c(-c2ccccc2)csc1NC(=O)C(CC)Sc1ccc2ccccc2n1. The number of thiophene rings is 1.